The molecule has 0 spiro atoms. The number of rotatable bonds is 7. The third kappa shape index (κ3) is 4.64. The largest absolute Gasteiger partial charge is 0.392 e. The molecule has 3 aromatic rings. The highest BCUT2D eigenvalue weighted by molar-refractivity contribution is 7.75. The average Bonchev–Trinajstić information content (AvgIpc) is 2.71. The maximum atomic E-state index is 12.2. The highest BCUT2D eigenvalue weighted by Crippen LogP contribution is 2.39. The Morgan fingerprint density at radius 3 is 1.50 bits per heavy atom. The zero-order chi connectivity index (χ0) is 21.8. The van der Waals surface area contributed by atoms with Crippen LogP contribution in [0.3, 0.4) is 0 Å². The smallest absolute Gasteiger partial charge is 0.229 e. The van der Waals surface area contributed by atoms with Gasteiger partial charge in [0, 0.05) is 0 Å². The molecular formula is C21H22N2O5S2. The zero-order valence-corrected chi connectivity index (χ0v) is 18.2. The van der Waals surface area contributed by atoms with Crippen molar-refractivity contribution < 1.29 is 21.9 Å². The fourth-order valence-electron chi connectivity index (χ4n) is 3.03. The van der Waals surface area contributed by atoms with E-state index in [-0.39, 0.29) is 18.0 Å². The molecule has 0 bridgehead atoms. The van der Waals surface area contributed by atoms with E-state index in [1.165, 1.54) is 12.1 Å². The van der Waals surface area contributed by atoms with Crippen LogP contribution in [-0.4, -0.2) is 21.9 Å². The Bertz CT molecular complexity index is 1170. The Morgan fingerprint density at radius 1 is 0.667 bits per heavy atom. The van der Waals surface area contributed by atoms with Crippen molar-refractivity contribution in [1.29, 1.82) is 0 Å². The van der Waals surface area contributed by atoms with E-state index in [0.717, 1.165) is 19.7 Å². The molecule has 0 aliphatic carbocycles. The molecule has 0 atom stereocenters. The van der Waals surface area contributed by atoms with Crippen LogP contribution < -0.4 is 8.61 Å². The monoisotopic (exact) mass is 446 g/mol. The lowest BCUT2D eigenvalue weighted by molar-refractivity contribution is 0.282. The lowest BCUT2D eigenvalue weighted by Gasteiger charge is -2.26. The van der Waals surface area contributed by atoms with Crippen LogP contribution in [0.2, 0.25) is 0 Å². The summed E-state index contributed by atoms with van der Waals surface area (Å²) in [6.45, 7) is 3.44. The Labute approximate surface area is 179 Å². The summed E-state index contributed by atoms with van der Waals surface area (Å²) in [7, 11) is -6.28. The second-order valence-corrected chi connectivity index (χ2v) is 8.50. The number of hydrogen-bond acceptors (Lipinski definition) is 5. The number of anilines is 4. The second kappa shape index (κ2) is 9.29. The maximum Gasteiger partial charge on any atom is 0.229 e. The topological polar surface area (TPSA) is 95.0 Å². The molecule has 0 aliphatic rings. The summed E-state index contributed by atoms with van der Waals surface area (Å²) in [5, 5.41) is 9.57. The van der Waals surface area contributed by atoms with Crippen LogP contribution in [0, 0.1) is 13.8 Å². The van der Waals surface area contributed by atoms with Crippen LogP contribution in [0.25, 0.3) is 0 Å². The molecule has 158 valence electrons. The molecule has 0 radical (unpaired) electrons. The first-order chi connectivity index (χ1) is 14.3. The van der Waals surface area contributed by atoms with Gasteiger partial charge in [-0.25, -0.2) is 25.4 Å². The van der Waals surface area contributed by atoms with Crippen molar-refractivity contribution >= 4 is 44.5 Å². The van der Waals surface area contributed by atoms with Crippen molar-refractivity contribution in [2.75, 3.05) is 8.61 Å². The van der Waals surface area contributed by atoms with Crippen LogP contribution in [0.4, 0.5) is 22.7 Å². The Morgan fingerprint density at radius 2 is 1.10 bits per heavy atom. The van der Waals surface area contributed by atoms with E-state index in [0.29, 0.717) is 16.9 Å². The van der Waals surface area contributed by atoms with E-state index in [1.54, 1.807) is 54.6 Å². The van der Waals surface area contributed by atoms with E-state index < -0.39 is 21.8 Å². The molecule has 3 aromatic carbocycles. The second-order valence-electron chi connectivity index (χ2n) is 6.75. The number of benzene rings is 3. The third-order valence-electron chi connectivity index (χ3n) is 4.56. The highest BCUT2D eigenvalue weighted by atomic mass is 32.2. The number of aliphatic hydroxyl groups excluding tert-OH is 1. The molecular weight excluding hydrogens is 424 g/mol. The molecule has 0 aromatic heterocycles. The Kier molecular flexibility index (Phi) is 6.76. The van der Waals surface area contributed by atoms with Gasteiger partial charge in [-0.2, -0.15) is 0 Å². The summed E-state index contributed by atoms with van der Waals surface area (Å²) < 4.78 is 51.0. The summed E-state index contributed by atoms with van der Waals surface area (Å²) in [4.78, 5) is 0. The molecule has 9 heteroatoms. The maximum absolute atomic E-state index is 12.2. The molecule has 0 heterocycles. The van der Waals surface area contributed by atoms with E-state index >= 15 is 0 Å². The lowest BCUT2D eigenvalue weighted by Crippen LogP contribution is -2.21. The number of nitrogens with zero attached hydrogens (tertiary/aromatic N) is 2. The van der Waals surface area contributed by atoms with Crippen LogP contribution >= 0.6 is 0 Å². The van der Waals surface area contributed by atoms with Gasteiger partial charge in [-0.3, -0.25) is 0 Å². The van der Waals surface area contributed by atoms with E-state index in [2.05, 4.69) is 0 Å². The van der Waals surface area contributed by atoms with Gasteiger partial charge in [0.25, 0.3) is 0 Å². The molecule has 0 fully saturated rings. The highest BCUT2D eigenvalue weighted by Gasteiger charge is 2.23. The number of aryl methyl sites for hydroxylation is 2. The molecule has 0 unspecified atom stereocenters. The summed E-state index contributed by atoms with van der Waals surface area (Å²) in [5.74, 6) is 0. The molecule has 7 nitrogen and oxygen atoms in total. The van der Waals surface area contributed by atoms with E-state index in [1.807, 2.05) is 13.8 Å². The summed E-state index contributed by atoms with van der Waals surface area (Å²) in [6.07, 6.45) is 0. The average molecular weight is 447 g/mol. The minimum atomic E-state index is -3.15. The van der Waals surface area contributed by atoms with Crippen molar-refractivity contribution in [2.24, 2.45) is 0 Å². The van der Waals surface area contributed by atoms with Gasteiger partial charge >= 0.3 is 0 Å². The molecule has 1 N–H and O–H groups in total. The van der Waals surface area contributed by atoms with Crippen LogP contribution in [-0.2, 0) is 28.4 Å². The molecule has 3 rings (SSSR count). The van der Waals surface area contributed by atoms with Gasteiger partial charge in [-0.05, 0) is 55.8 Å². The van der Waals surface area contributed by atoms with Crippen LogP contribution in [0.15, 0.2) is 66.7 Å². The Hall–Kier alpha value is -2.88. The van der Waals surface area contributed by atoms with Gasteiger partial charge in [0.15, 0.2) is 0 Å². The van der Waals surface area contributed by atoms with Gasteiger partial charge in [0.1, 0.15) is 0 Å². The molecule has 0 amide bonds. The van der Waals surface area contributed by atoms with Gasteiger partial charge in [0.2, 0.25) is 21.8 Å². The fraction of sp³-hybridized carbons (Fsp3) is 0.143. The number of aliphatic hydroxyl groups is 1. The predicted octanol–water partition coefficient (Wildman–Crippen LogP) is 3.12. The van der Waals surface area contributed by atoms with Crippen molar-refractivity contribution in [1.82, 2.24) is 0 Å². The normalized spacial score (nSPS) is 11.1. The minimum absolute atomic E-state index is 0.126. The van der Waals surface area contributed by atoms with E-state index in [9.17, 15) is 21.9 Å². The third-order valence-corrected chi connectivity index (χ3v) is 6.11. The van der Waals surface area contributed by atoms with Gasteiger partial charge in [-0.15, -0.1) is 0 Å². The number of thiol groups is 2. The van der Waals surface area contributed by atoms with Crippen molar-refractivity contribution in [3.05, 3.63) is 83.4 Å². The van der Waals surface area contributed by atoms with Gasteiger partial charge in [-0.1, -0.05) is 41.5 Å². The molecule has 30 heavy (non-hydrogen) atoms. The van der Waals surface area contributed by atoms with Crippen molar-refractivity contribution in [3.63, 3.8) is 0 Å². The standard InChI is InChI=1S/C21H22N2O5S2/c1-15-3-8-18(9-4-15)22(29(25)26)20-12-7-17(14-24)13-21(20)23(30(27)28)19-10-5-16(2)6-11-19/h3-13,24,29-30H,14H2,1-2H3. The molecule has 0 saturated heterocycles. The summed E-state index contributed by atoms with van der Waals surface area (Å²) in [5.41, 5.74) is 3.38. The van der Waals surface area contributed by atoms with Crippen LogP contribution in [0.1, 0.15) is 16.7 Å². The fourth-order valence-corrected chi connectivity index (χ4v) is 4.36. The van der Waals surface area contributed by atoms with Crippen molar-refractivity contribution in [2.45, 2.75) is 20.5 Å². The Balaban J connectivity index is 2.27. The first-order valence-corrected chi connectivity index (χ1v) is 11.3. The zero-order valence-electron chi connectivity index (χ0n) is 16.4. The van der Waals surface area contributed by atoms with E-state index in [4.69, 9.17) is 0 Å². The quantitative estimate of drug-likeness (QED) is 0.485. The summed E-state index contributed by atoms with van der Waals surface area (Å²) in [6, 6.07) is 18.2. The molecule has 0 aliphatic heterocycles. The first kappa shape index (κ1) is 21.8. The first-order valence-electron chi connectivity index (χ1n) is 9.08. The predicted molar refractivity (Wildman–Crippen MR) is 120 cm³/mol. The van der Waals surface area contributed by atoms with Crippen molar-refractivity contribution in [3.8, 4) is 0 Å². The lowest BCUT2D eigenvalue weighted by atomic mass is 10.1. The van der Waals surface area contributed by atoms with Gasteiger partial charge in [0.05, 0.1) is 29.4 Å². The molecule has 0 saturated carbocycles. The summed E-state index contributed by atoms with van der Waals surface area (Å²) >= 11 is 0. The van der Waals surface area contributed by atoms with Gasteiger partial charge < -0.3 is 5.11 Å². The van der Waals surface area contributed by atoms with Crippen LogP contribution in [0.5, 0.6) is 0 Å². The SMILES string of the molecule is Cc1ccc(N(c2ccc(CO)cc2N(c2ccc(C)cc2)[SH](=O)=O)[SH](=O)=O)cc1. The number of hydrogen-bond donors (Lipinski definition) is 3. The minimum Gasteiger partial charge on any atom is -0.392 e.